The van der Waals surface area contributed by atoms with Gasteiger partial charge in [0, 0.05) is 0 Å². The molecule has 0 aromatic rings. The third-order valence-electron chi connectivity index (χ3n) is 8.47. The molecule has 208 valence electrons. The summed E-state index contributed by atoms with van der Waals surface area (Å²) in [5, 5.41) is 0. The Morgan fingerprint density at radius 1 is 0.333 bits per heavy atom. The molecule has 33 heavy (non-hydrogen) atoms. The van der Waals surface area contributed by atoms with Crippen molar-refractivity contribution >= 4 is 0 Å². The van der Waals surface area contributed by atoms with E-state index in [-0.39, 0.29) is 0 Å². The minimum Gasteiger partial charge on any atom is -0.0683 e. The van der Waals surface area contributed by atoms with Crippen LogP contribution in [0.1, 0.15) is 189 Å². The van der Waals surface area contributed by atoms with Gasteiger partial charge < -0.3 is 0 Å². The van der Waals surface area contributed by atoms with Crippen LogP contribution in [0.5, 0.6) is 0 Å². The van der Waals surface area contributed by atoms with Gasteiger partial charge in [0.05, 0.1) is 0 Å². The van der Waals surface area contributed by atoms with Crippen molar-refractivity contribution in [3.63, 3.8) is 0 Å². The Labute approximate surface area is 216 Å². The molecule has 0 nitrogen and oxygen atoms in total. The highest BCUT2D eigenvalue weighted by Crippen LogP contribution is 2.61. The van der Waals surface area contributed by atoms with Crippen LogP contribution in [0.4, 0.5) is 0 Å². The van der Waals surface area contributed by atoms with E-state index in [9.17, 15) is 0 Å². The van der Waals surface area contributed by atoms with E-state index in [2.05, 4.69) is 41.5 Å². The first-order valence-electron chi connectivity index (χ1n) is 15.7. The topological polar surface area (TPSA) is 0 Å². The van der Waals surface area contributed by atoms with E-state index >= 15 is 0 Å². The first kappa shape index (κ1) is 43.1. The van der Waals surface area contributed by atoms with Crippen LogP contribution in [0, 0.1) is 28.1 Å². The lowest BCUT2D eigenvalue weighted by atomic mass is 9.46. The van der Waals surface area contributed by atoms with Crippen molar-refractivity contribution < 1.29 is 0 Å². The van der Waals surface area contributed by atoms with Crippen LogP contribution < -0.4 is 0 Å². The van der Waals surface area contributed by atoms with Crippen LogP contribution in [0.2, 0.25) is 0 Å². The molecule has 0 aliphatic heterocycles. The number of hydrogen-bond acceptors (Lipinski definition) is 0. The minimum atomic E-state index is 0.407. The van der Waals surface area contributed by atoms with E-state index in [0.717, 1.165) is 11.8 Å². The average molecular weight is 473 g/mol. The second-order valence-electron chi connectivity index (χ2n) is 9.74. The molecule has 2 aliphatic rings. The van der Waals surface area contributed by atoms with Gasteiger partial charge in [0.2, 0.25) is 0 Å². The molecule has 0 atom stereocenters. The van der Waals surface area contributed by atoms with Crippen molar-refractivity contribution in [1.82, 2.24) is 0 Å². The van der Waals surface area contributed by atoms with Gasteiger partial charge in [-0.05, 0) is 53.8 Å². The van der Waals surface area contributed by atoms with Gasteiger partial charge in [-0.15, -0.1) is 0 Å². The van der Waals surface area contributed by atoms with Crippen LogP contribution in [-0.4, -0.2) is 0 Å². The second kappa shape index (κ2) is 26.6. The molecule has 0 unspecified atom stereocenters. The smallest absolute Gasteiger partial charge is 0.0246 e. The van der Waals surface area contributed by atoms with Gasteiger partial charge in [-0.2, -0.15) is 0 Å². The molecule has 2 saturated carbocycles. The van der Waals surface area contributed by atoms with E-state index < -0.39 is 0 Å². The second-order valence-corrected chi connectivity index (χ2v) is 9.74. The summed E-state index contributed by atoms with van der Waals surface area (Å²) in [6, 6.07) is 0. The van der Waals surface area contributed by atoms with Crippen molar-refractivity contribution in [2.24, 2.45) is 28.1 Å². The molecule has 0 radical (unpaired) electrons. The summed E-state index contributed by atoms with van der Waals surface area (Å²) in [4.78, 5) is 0. The first-order chi connectivity index (χ1) is 15.7. The Hall–Kier alpha value is 0. The Kier molecular flexibility index (Phi) is 34.7. The molecule has 2 rings (SSSR count). The minimum absolute atomic E-state index is 0.407. The molecule has 0 heteroatoms. The summed E-state index contributed by atoms with van der Waals surface area (Å²) in [6.45, 7) is 39.6. The molecule has 2 aliphatic carbocycles. The first-order valence-corrected chi connectivity index (χ1v) is 15.7. The molecule has 0 spiro atoms. The third kappa shape index (κ3) is 13.6. The molecule has 0 bridgehead atoms. The quantitative estimate of drug-likeness (QED) is 0.381. The van der Waals surface area contributed by atoms with Crippen LogP contribution in [-0.2, 0) is 0 Å². The third-order valence-corrected chi connectivity index (χ3v) is 8.47. The molecule has 0 aromatic heterocycles. The molecule has 0 amide bonds. The lowest BCUT2D eigenvalue weighted by molar-refractivity contribution is -0.102. The maximum atomic E-state index is 2.59. The van der Waals surface area contributed by atoms with Crippen LogP contribution >= 0.6 is 0 Å². The normalized spacial score (nSPS) is 16.5. The Morgan fingerprint density at radius 2 is 0.515 bits per heavy atom. The van der Waals surface area contributed by atoms with Gasteiger partial charge in [0.25, 0.3) is 0 Å². The zero-order valence-corrected chi connectivity index (χ0v) is 27.7. The standard InChI is InChI=1S/C21H40.6C2H6/c1-19(2,17-13-9-7-10-14-17)21(5,6)20(3,4)18-15-11-8-12-16-18;6*1-2/h17-18H,7-16H2,1-6H3;6*1-2H3. The van der Waals surface area contributed by atoms with E-state index in [1.165, 1.54) is 64.2 Å². The molecule has 0 saturated heterocycles. The molecule has 0 aromatic carbocycles. The van der Waals surface area contributed by atoms with Gasteiger partial charge in [-0.3, -0.25) is 0 Å². The summed E-state index contributed by atoms with van der Waals surface area (Å²) in [5.74, 6) is 1.87. The van der Waals surface area contributed by atoms with E-state index in [1.807, 2.05) is 83.1 Å². The number of rotatable bonds is 4. The summed E-state index contributed by atoms with van der Waals surface area (Å²) in [5.41, 5.74) is 1.31. The highest BCUT2D eigenvalue weighted by molar-refractivity contribution is 5.02. The lowest BCUT2D eigenvalue weighted by Gasteiger charge is -2.59. The van der Waals surface area contributed by atoms with Crippen molar-refractivity contribution in [1.29, 1.82) is 0 Å². The fraction of sp³-hybridized carbons (Fsp3) is 1.00. The zero-order chi connectivity index (χ0) is 27.7. The fourth-order valence-electron chi connectivity index (χ4n) is 5.50. The molecule has 0 heterocycles. The molecule has 2 fully saturated rings. The van der Waals surface area contributed by atoms with E-state index in [4.69, 9.17) is 0 Å². The van der Waals surface area contributed by atoms with Gasteiger partial charge in [0.1, 0.15) is 0 Å². The predicted molar refractivity (Wildman–Crippen MR) is 163 cm³/mol. The Morgan fingerprint density at radius 3 is 0.697 bits per heavy atom. The average Bonchev–Trinajstić information content (AvgIpc) is 2.92. The van der Waals surface area contributed by atoms with Gasteiger partial charge in [-0.1, -0.05) is 163 Å². The van der Waals surface area contributed by atoms with Gasteiger partial charge >= 0.3 is 0 Å². The van der Waals surface area contributed by atoms with E-state index in [0.29, 0.717) is 16.2 Å². The monoisotopic (exact) mass is 473 g/mol. The van der Waals surface area contributed by atoms with Crippen molar-refractivity contribution in [3.8, 4) is 0 Å². The zero-order valence-electron chi connectivity index (χ0n) is 27.7. The maximum absolute atomic E-state index is 2.59. The fourth-order valence-corrected chi connectivity index (χ4v) is 5.50. The van der Waals surface area contributed by atoms with Crippen molar-refractivity contribution in [2.45, 2.75) is 189 Å². The Bertz CT molecular complexity index is 290. The molecule has 0 N–H and O–H groups in total. The number of hydrogen-bond donors (Lipinski definition) is 0. The SMILES string of the molecule is CC.CC.CC.CC.CC.CC.CC(C)(C1CCCCC1)C(C)(C)C(C)(C)C1CCCCC1. The van der Waals surface area contributed by atoms with E-state index in [1.54, 1.807) is 0 Å². The highest BCUT2D eigenvalue weighted by atomic mass is 14.6. The summed E-state index contributed by atoms with van der Waals surface area (Å²) >= 11 is 0. The Balaban J connectivity index is -0.000000189. The molecular formula is C33H76. The van der Waals surface area contributed by atoms with Crippen molar-refractivity contribution in [3.05, 3.63) is 0 Å². The van der Waals surface area contributed by atoms with Gasteiger partial charge in [-0.25, -0.2) is 0 Å². The summed E-state index contributed by atoms with van der Waals surface area (Å²) < 4.78 is 0. The summed E-state index contributed by atoms with van der Waals surface area (Å²) in [7, 11) is 0. The van der Waals surface area contributed by atoms with Crippen LogP contribution in [0.3, 0.4) is 0 Å². The van der Waals surface area contributed by atoms with Crippen molar-refractivity contribution in [2.75, 3.05) is 0 Å². The van der Waals surface area contributed by atoms with Crippen LogP contribution in [0.25, 0.3) is 0 Å². The summed E-state index contributed by atoms with van der Waals surface area (Å²) in [6.07, 6.45) is 14.7. The lowest BCUT2D eigenvalue weighted by Crippen LogP contribution is -2.52. The predicted octanol–water partition coefficient (Wildman–Crippen LogP) is 13.4. The highest BCUT2D eigenvalue weighted by Gasteiger charge is 2.53. The maximum Gasteiger partial charge on any atom is -0.0246 e. The van der Waals surface area contributed by atoms with Crippen LogP contribution in [0.15, 0.2) is 0 Å². The largest absolute Gasteiger partial charge is 0.0683 e. The molecular weight excluding hydrogens is 396 g/mol. The van der Waals surface area contributed by atoms with Gasteiger partial charge in [0.15, 0.2) is 0 Å².